The largest absolute Gasteiger partial charge is 0.326 e. The van der Waals surface area contributed by atoms with E-state index in [1.54, 1.807) is 4.90 Å². The Morgan fingerprint density at radius 3 is 2.97 bits per heavy atom. The van der Waals surface area contributed by atoms with Crippen molar-refractivity contribution < 1.29 is 4.79 Å². The first kappa shape index (κ1) is 23.0. The van der Waals surface area contributed by atoms with E-state index >= 15 is 0 Å². The Kier molecular flexibility index (Phi) is 8.26. The molecule has 1 amide bonds. The Morgan fingerprint density at radius 1 is 1.32 bits per heavy atom. The van der Waals surface area contributed by atoms with Crippen molar-refractivity contribution >= 4 is 5.91 Å². The number of nitrogens with zero attached hydrogens (tertiary/aromatic N) is 2. The Morgan fingerprint density at radius 2 is 2.16 bits per heavy atom. The molecule has 1 aromatic carbocycles. The number of benzene rings is 1. The maximum Gasteiger partial charge on any atom is 0.237 e. The lowest BCUT2D eigenvalue weighted by atomic mass is 9.70. The van der Waals surface area contributed by atoms with Crippen LogP contribution in [0.4, 0.5) is 0 Å². The summed E-state index contributed by atoms with van der Waals surface area (Å²) in [5.74, 6) is 0.0358. The molecule has 2 atom stereocenters. The molecule has 0 aromatic heterocycles. The van der Waals surface area contributed by atoms with E-state index in [0.29, 0.717) is 13.1 Å². The van der Waals surface area contributed by atoms with Crippen LogP contribution in [0.1, 0.15) is 57.1 Å². The summed E-state index contributed by atoms with van der Waals surface area (Å²) in [7, 11) is 0. The second-order valence-electron chi connectivity index (χ2n) is 8.73. The molecule has 1 aliphatic carbocycles. The molecule has 3 rings (SSSR count). The summed E-state index contributed by atoms with van der Waals surface area (Å²) in [6, 6.07) is 10.8. The number of carbonyl (C=O) groups is 1. The average molecular weight is 418 g/mol. The van der Waals surface area contributed by atoms with Crippen LogP contribution in [0.15, 0.2) is 60.2 Å². The van der Waals surface area contributed by atoms with Gasteiger partial charge < -0.3 is 10.2 Å². The van der Waals surface area contributed by atoms with E-state index in [9.17, 15) is 10.1 Å². The Bertz CT molecular complexity index is 892. The number of aryl methyl sites for hydroxylation is 1. The molecule has 0 saturated carbocycles. The fourth-order valence-electron chi connectivity index (χ4n) is 4.76. The van der Waals surface area contributed by atoms with Gasteiger partial charge in [0.2, 0.25) is 5.91 Å². The quantitative estimate of drug-likeness (QED) is 0.585. The van der Waals surface area contributed by atoms with Gasteiger partial charge >= 0.3 is 0 Å². The van der Waals surface area contributed by atoms with Crippen LogP contribution < -0.4 is 5.32 Å². The van der Waals surface area contributed by atoms with Crippen molar-refractivity contribution in [1.29, 1.82) is 5.26 Å². The zero-order valence-corrected chi connectivity index (χ0v) is 18.9. The van der Waals surface area contributed by atoms with Crippen LogP contribution in [0.25, 0.3) is 0 Å². The van der Waals surface area contributed by atoms with Crippen LogP contribution in [0.2, 0.25) is 0 Å². The highest BCUT2D eigenvalue weighted by Crippen LogP contribution is 2.39. The smallest absolute Gasteiger partial charge is 0.237 e. The molecule has 1 aliphatic heterocycles. The van der Waals surface area contributed by atoms with Gasteiger partial charge in [-0.15, -0.1) is 0 Å². The number of rotatable bonds is 9. The van der Waals surface area contributed by atoms with E-state index in [2.05, 4.69) is 79.9 Å². The van der Waals surface area contributed by atoms with Gasteiger partial charge in [0, 0.05) is 12.0 Å². The van der Waals surface area contributed by atoms with E-state index in [4.69, 9.17) is 0 Å². The number of hydrogen-bond donors (Lipinski definition) is 1. The molecular weight excluding hydrogens is 382 g/mol. The Labute approximate surface area is 187 Å². The first-order chi connectivity index (χ1) is 15.1. The molecule has 31 heavy (non-hydrogen) atoms. The SMILES string of the molecule is CCCc1ccccc1C(C)(CCNCC(=O)N1CCCC1C#N)C1=CC=CCC=C1. The second kappa shape index (κ2) is 11.1. The summed E-state index contributed by atoms with van der Waals surface area (Å²) in [4.78, 5) is 14.3. The van der Waals surface area contributed by atoms with Crippen LogP contribution in [0, 0.1) is 11.3 Å². The summed E-state index contributed by atoms with van der Waals surface area (Å²) in [5, 5.41) is 12.6. The van der Waals surface area contributed by atoms with Crippen LogP contribution >= 0.6 is 0 Å². The minimum atomic E-state index is -0.256. The summed E-state index contributed by atoms with van der Waals surface area (Å²) in [5.41, 5.74) is 3.94. The molecule has 1 heterocycles. The molecule has 1 aromatic rings. The van der Waals surface area contributed by atoms with Gasteiger partial charge in [-0.2, -0.15) is 5.26 Å². The van der Waals surface area contributed by atoms with Gasteiger partial charge in [-0.05, 0) is 55.3 Å². The zero-order chi connectivity index (χ0) is 22.1. The fraction of sp³-hybridized carbons (Fsp3) is 0.481. The number of nitrogens with one attached hydrogen (secondary N) is 1. The lowest BCUT2D eigenvalue weighted by molar-refractivity contribution is -0.130. The third-order valence-corrected chi connectivity index (χ3v) is 6.55. The Balaban J connectivity index is 1.74. The number of hydrogen-bond acceptors (Lipinski definition) is 3. The first-order valence-electron chi connectivity index (χ1n) is 11.6. The minimum Gasteiger partial charge on any atom is -0.326 e. The van der Waals surface area contributed by atoms with Crippen molar-refractivity contribution in [3.63, 3.8) is 0 Å². The molecule has 2 unspecified atom stereocenters. The molecule has 164 valence electrons. The Hall–Kier alpha value is -2.64. The van der Waals surface area contributed by atoms with Gasteiger partial charge in [0.05, 0.1) is 12.6 Å². The van der Waals surface area contributed by atoms with Crippen LogP contribution in [-0.2, 0) is 16.6 Å². The van der Waals surface area contributed by atoms with E-state index < -0.39 is 0 Å². The molecule has 0 bridgehead atoms. The lowest BCUT2D eigenvalue weighted by Gasteiger charge is -2.34. The fourth-order valence-corrected chi connectivity index (χ4v) is 4.76. The van der Waals surface area contributed by atoms with Gasteiger partial charge in [0.15, 0.2) is 0 Å². The molecule has 4 heteroatoms. The summed E-state index contributed by atoms with van der Waals surface area (Å²) in [6.45, 7) is 6.28. The molecule has 0 radical (unpaired) electrons. The zero-order valence-electron chi connectivity index (χ0n) is 18.9. The molecule has 1 fully saturated rings. The van der Waals surface area contributed by atoms with Crippen molar-refractivity contribution in [2.75, 3.05) is 19.6 Å². The maximum atomic E-state index is 12.6. The molecule has 4 nitrogen and oxygen atoms in total. The third kappa shape index (κ3) is 5.54. The minimum absolute atomic E-state index is 0.0358. The highest BCUT2D eigenvalue weighted by Gasteiger charge is 2.32. The van der Waals surface area contributed by atoms with Crippen LogP contribution in [-0.4, -0.2) is 36.5 Å². The number of carbonyl (C=O) groups excluding carboxylic acids is 1. The summed E-state index contributed by atoms with van der Waals surface area (Å²) in [6.07, 6.45) is 16.8. The van der Waals surface area contributed by atoms with Crippen LogP contribution in [0.5, 0.6) is 0 Å². The molecule has 1 N–H and O–H groups in total. The van der Waals surface area contributed by atoms with Crippen LogP contribution in [0.3, 0.4) is 0 Å². The highest BCUT2D eigenvalue weighted by molar-refractivity contribution is 5.79. The van der Waals surface area contributed by atoms with Gasteiger partial charge in [0.25, 0.3) is 0 Å². The average Bonchev–Trinajstić information content (AvgIpc) is 3.10. The van der Waals surface area contributed by atoms with Crippen molar-refractivity contribution in [2.24, 2.45) is 0 Å². The second-order valence-corrected chi connectivity index (χ2v) is 8.73. The lowest BCUT2D eigenvalue weighted by Crippen LogP contribution is -2.41. The number of nitriles is 1. The van der Waals surface area contributed by atoms with Crippen molar-refractivity contribution in [2.45, 2.75) is 63.8 Å². The van der Waals surface area contributed by atoms with Crippen molar-refractivity contribution in [3.8, 4) is 6.07 Å². The predicted octanol–water partition coefficient (Wildman–Crippen LogP) is 4.83. The number of allylic oxidation sites excluding steroid dienone is 6. The highest BCUT2D eigenvalue weighted by atomic mass is 16.2. The summed E-state index contributed by atoms with van der Waals surface area (Å²) >= 11 is 0. The first-order valence-corrected chi connectivity index (χ1v) is 11.6. The van der Waals surface area contributed by atoms with Crippen molar-refractivity contribution in [1.82, 2.24) is 10.2 Å². The molecule has 0 spiro atoms. The molecule has 2 aliphatic rings. The summed E-state index contributed by atoms with van der Waals surface area (Å²) < 4.78 is 0. The monoisotopic (exact) mass is 417 g/mol. The molecule has 1 saturated heterocycles. The normalized spacial score (nSPS) is 20.1. The van der Waals surface area contributed by atoms with E-state index in [-0.39, 0.29) is 17.4 Å². The van der Waals surface area contributed by atoms with E-state index in [0.717, 1.165) is 45.1 Å². The topological polar surface area (TPSA) is 56.1 Å². The van der Waals surface area contributed by atoms with Crippen molar-refractivity contribution in [3.05, 3.63) is 71.3 Å². The van der Waals surface area contributed by atoms with E-state index in [1.807, 2.05) is 0 Å². The maximum absolute atomic E-state index is 12.6. The van der Waals surface area contributed by atoms with Gasteiger partial charge in [0.1, 0.15) is 6.04 Å². The number of amides is 1. The molecular formula is C27H35N3O. The van der Waals surface area contributed by atoms with E-state index in [1.165, 1.54) is 16.7 Å². The number of likely N-dealkylation sites (tertiary alicyclic amines) is 1. The van der Waals surface area contributed by atoms with Gasteiger partial charge in [-0.1, -0.05) is 74.9 Å². The third-order valence-electron chi connectivity index (χ3n) is 6.55. The standard InChI is InChI=1S/C27H35N3O/c1-3-11-22-12-8-9-16-25(22)27(2,23-13-6-4-5-7-14-23)17-18-29-21-26(31)30-19-10-15-24(30)20-28/h4,6-9,12-14,16,24,29H,3,5,10-11,15,17-19,21H2,1-2H3. The predicted molar refractivity (Wildman–Crippen MR) is 127 cm³/mol. The van der Waals surface area contributed by atoms with Gasteiger partial charge in [-0.25, -0.2) is 0 Å². The van der Waals surface area contributed by atoms with Gasteiger partial charge in [-0.3, -0.25) is 4.79 Å².